The molecule has 2 heterocycles. The zero-order chi connectivity index (χ0) is 46.7. The monoisotopic (exact) mass is 1010 g/mol. The molecule has 0 aliphatic rings. The van der Waals surface area contributed by atoms with E-state index in [-0.39, 0.29) is 38.3 Å². The number of aromatic hydroxyl groups is 1. The molecule has 4 nitrogen and oxygen atoms in total. The molecule has 0 aliphatic heterocycles. The number of pyridine rings is 1. The number of imidazole rings is 1. The van der Waals surface area contributed by atoms with Crippen molar-refractivity contribution in [3.63, 3.8) is 0 Å². The molecule has 0 saturated carbocycles. The zero-order valence-electron chi connectivity index (χ0n) is 40.6. The summed E-state index contributed by atoms with van der Waals surface area (Å²) >= 11 is 0. The summed E-state index contributed by atoms with van der Waals surface area (Å²) in [5.41, 5.74) is 15.9. The summed E-state index contributed by atoms with van der Waals surface area (Å²) < 4.78 is 37.8. The van der Waals surface area contributed by atoms with Crippen LogP contribution in [-0.2, 0) is 21.1 Å². The van der Waals surface area contributed by atoms with Gasteiger partial charge in [-0.15, -0.1) is 23.8 Å². The topological polar surface area (TPSA) is 50.9 Å². The van der Waals surface area contributed by atoms with E-state index in [0.717, 1.165) is 72.5 Å². The SMILES string of the molecule is [2H]C([2H])([2H])c1cc(-c2cc(C(C)C)cc(C([2H])(C)C)c2)ccc1-n1c(-c2cc(C)cc(C)c2O)nc2c(-c3[c-]c(-c4cc(-c5ccc(C)cc5)ccn4)cc(-c4ccccc4)c3)cccc21.[Pt]. The average Bonchev–Trinajstić information content (AvgIpc) is 3.69. The number of rotatable bonds is 9. The first-order valence-corrected chi connectivity index (χ1v) is 21.2. The van der Waals surface area contributed by atoms with Crippen molar-refractivity contribution in [3.05, 3.63) is 191 Å². The summed E-state index contributed by atoms with van der Waals surface area (Å²) in [6.07, 6.45) is 1.84. The summed E-state index contributed by atoms with van der Waals surface area (Å²) in [6.45, 7) is 11.4. The van der Waals surface area contributed by atoms with Gasteiger partial charge in [0.2, 0.25) is 0 Å². The first kappa shape index (κ1) is 38.3. The smallest absolute Gasteiger partial charge is 0.148 e. The maximum atomic E-state index is 11.8. The molecule has 63 heavy (non-hydrogen) atoms. The van der Waals surface area contributed by atoms with Crippen molar-refractivity contribution in [2.75, 3.05) is 0 Å². The van der Waals surface area contributed by atoms with Crippen LogP contribution in [0.15, 0.2) is 152 Å². The van der Waals surface area contributed by atoms with Gasteiger partial charge in [0.1, 0.15) is 11.6 Å². The third-order valence-corrected chi connectivity index (χ3v) is 11.8. The van der Waals surface area contributed by atoms with Crippen molar-refractivity contribution < 1.29 is 31.7 Å². The van der Waals surface area contributed by atoms with Crippen molar-refractivity contribution in [1.82, 2.24) is 14.5 Å². The molecule has 7 aromatic carbocycles. The van der Waals surface area contributed by atoms with Gasteiger partial charge in [-0.05, 0) is 125 Å². The molecule has 0 spiro atoms. The van der Waals surface area contributed by atoms with E-state index < -0.39 is 12.7 Å². The van der Waals surface area contributed by atoms with Crippen LogP contribution in [0.3, 0.4) is 0 Å². The molecule has 0 atom stereocenters. The molecule has 2 aromatic heterocycles. The molecule has 0 unspecified atom stereocenters. The summed E-state index contributed by atoms with van der Waals surface area (Å²) in [6, 6.07) is 52.3. The van der Waals surface area contributed by atoms with Crippen molar-refractivity contribution in [2.24, 2.45) is 0 Å². The van der Waals surface area contributed by atoms with E-state index in [1.165, 1.54) is 5.56 Å². The number of nitrogens with zero attached hydrogens (tertiary/aromatic N) is 3. The summed E-state index contributed by atoms with van der Waals surface area (Å²) in [4.78, 5) is 10.2. The van der Waals surface area contributed by atoms with E-state index in [1.54, 1.807) is 6.07 Å². The first-order chi connectivity index (χ1) is 31.4. The van der Waals surface area contributed by atoms with Crippen LogP contribution < -0.4 is 0 Å². The van der Waals surface area contributed by atoms with E-state index in [1.807, 2.05) is 111 Å². The fourth-order valence-electron chi connectivity index (χ4n) is 8.38. The standard InChI is InChI=1S/C58H52N3O.Pt/c1-35(2)45-28-46(36(3)4)30-48(29-45)43-21-22-54(39(7)27-43)61-55-16-12-15-51(56(55)60-58(61)52-26-38(6)25-40(8)57(52)62)49-31-47(41-13-10-9-11-14-41)32-50(33-49)53-34-44(23-24-59-53)42-19-17-37(5)18-20-42;/h9-32,34-36,62H,1-8H3;/q-1;/i7D3,35D;. The Balaban J connectivity index is 0.00000608. The molecule has 1 N–H and O–H groups in total. The minimum absolute atomic E-state index is 0. The molecular formula is C58H52N3OPt-. The second-order valence-corrected chi connectivity index (χ2v) is 17.0. The van der Waals surface area contributed by atoms with Gasteiger partial charge in [-0.25, -0.2) is 4.98 Å². The molecule has 0 bridgehead atoms. The van der Waals surface area contributed by atoms with Gasteiger partial charge in [0.05, 0.1) is 22.3 Å². The van der Waals surface area contributed by atoms with Gasteiger partial charge in [0, 0.05) is 38.4 Å². The van der Waals surface area contributed by atoms with Crippen LogP contribution in [0.2, 0.25) is 0 Å². The summed E-state index contributed by atoms with van der Waals surface area (Å²) in [7, 11) is 0. The molecule has 0 radical (unpaired) electrons. The van der Waals surface area contributed by atoms with Gasteiger partial charge >= 0.3 is 0 Å². The molecule has 0 saturated heterocycles. The van der Waals surface area contributed by atoms with E-state index >= 15 is 0 Å². The largest absolute Gasteiger partial charge is 0.507 e. The molecule has 9 aromatic rings. The van der Waals surface area contributed by atoms with Crippen LogP contribution in [0, 0.1) is 33.7 Å². The molecule has 5 heteroatoms. The number of hydrogen-bond donors (Lipinski definition) is 1. The predicted octanol–water partition coefficient (Wildman–Crippen LogP) is 15.4. The van der Waals surface area contributed by atoms with Gasteiger partial charge in [0.15, 0.2) is 0 Å². The van der Waals surface area contributed by atoms with E-state index in [2.05, 4.69) is 93.6 Å². The van der Waals surface area contributed by atoms with Crippen molar-refractivity contribution in [1.29, 1.82) is 0 Å². The molecule has 0 fully saturated rings. The Bertz CT molecular complexity index is 3290. The Morgan fingerprint density at radius 1 is 0.603 bits per heavy atom. The van der Waals surface area contributed by atoms with Crippen molar-refractivity contribution in [3.8, 4) is 78.6 Å². The van der Waals surface area contributed by atoms with E-state index in [0.29, 0.717) is 33.7 Å². The van der Waals surface area contributed by atoms with Crippen LogP contribution in [0.5, 0.6) is 5.75 Å². The van der Waals surface area contributed by atoms with Crippen molar-refractivity contribution in [2.45, 2.75) is 67.1 Å². The number of phenolic OH excluding ortho intramolecular Hbond substituents is 1. The minimum Gasteiger partial charge on any atom is -0.507 e. The summed E-state index contributed by atoms with van der Waals surface area (Å²) in [5, 5.41) is 11.8. The average molecular weight is 1010 g/mol. The number of aromatic nitrogens is 3. The van der Waals surface area contributed by atoms with Crippen molar-refractivity contribution >= 4 is 11.0 Å². The van der Waals surface area contributed by atoms with Crippen LogP contribution in [-0.4, -0.2) is 19.6 Å². The fraction of sp³-hybridized carbons (Fsp3) is 0.172. The first-order valence-electron chi connectivity index (χ1n) is 23.2. The van der Waals surface area contributed by atoms with Crippen LogP contribution >= 0.6 is 0 Å². The normalized spacial score (nSPS) is 12.7. The van der Waals surface area contributed by atoms with Gasteiger partial charge < -0.3 is 5.11 Å². The van der Waals surface area contributed by atoms with Gasteiger partial charge in [-0.2, -0.15) is 0 Å². The Morgan fingerprint density at radius 2 is 1.30 bits per heavy atom. The second kappa shape index (κ2) is 17.8. The van der Waals surface area contributed by atoms with Crippen LogP contribution in [0.25, 0.3) is 83.9 Å². The maximum Gasteiger partial charge on any atom is 0.148 e. The second-order valence-electron chi connectivity index (χ2n) is 17.0. The molecular weight excluding hydrogens is 950 g/mol. The predicted molar refractivity (Wildman–Crippen MR) is 259 cm³/mol. The van der Waals surface area contributed by atoms with E-state index in [9.17, 15) is 5.11 Å². The third-order valence-electron chi connectivity index (χ3n) is 11.8. The number of hydrogen-bond acceptors (Lipinski definition) is 3. The quantitative estimate of drug-likeness (QED) is 0.147. The van der Waals surface area contributed by atoms with Crippen LogP contribution in [0.4, 0.5) is 0 Å². The third kappa shape index (κ3) is 8.58. The van der Waals surface area contributed by atoms with Gasteiger partial charge in [-0.3, -0.25) is 9.55 Å². The number of fused-ring (bicyclic) bond motifs is 1. The molecule has 9 rings (SSSR count). The minimum atomic E-state index is -2.54. The zero-order valence-corrected chi connectivity index (χ0v) is 38.9. The maximum absolute atomic E-state index is 11.8. The number of aryl methyl sites for hydroxylation is 4. The Morgan fingerprint density at radius 3 is 2.05 bits per heavy atom. The van der Waals surface area contributed by atoms with Gasteiger partial charge in [0.25, 0.3) is 0 Å². The molecule has 316 valence electrons. The Labute approximate surface area is 392 Å². The Kier molecular flexibility index (Phi) is 10.8. The number of phenols is 1. The van der Waals surface area contributed by atoms with Gasteiger partial charge in [-0.1, -0.05) is 153 Å². The van der Waals surface area contributed by atoms with E-state index in [4.69, 9.17) is 15.5 Å². The number of benzene rings is 7. The molecule has 0 amide bonds. The number of para-hydroxylation sites is 1. The fourth-order valence-corrected chi connectivity index (χ4v) is 8.38. The van der Waals surface area contributed by atoms with Crippen LogP contribution in [0.1, 0.15) is 78.4 Å². The molecule has 0 aliphatic carbocycles. The Hall–Kier alpha value is -6.35. The summed E-state index contributed by atoms with van der Waals surface area (Å²) in [5.74, 6) is -0.175.